The van der Waals surface area contributed by atoms with Crippen LogP contribution in [0.2, 0.25) is 0 Å². The van der Waals surface area contributed by atoms with Gasteiger partial charge in [-0.2, -0.15) is 0 Å². The Bertz CT molecular complexity index is 735. The second-order valence-electron chi connectivity index (χ2n) is 7.53. The number of nitrogens with one attached hydrogen (secondary N) is 2. The highest BCUT2D eigenvalue weighted by Gasteiger charge is 2.33. The molecule has 1 aliphatic rings. The predicted molar refractivity (Wildman–Crippen MR) is 114 cm³/mol. The average Bonchev–Trinajstić information content (AvgIpc) is 3.41. The van der Waals surface area contributed by atoms with E-state index in [0.29, 0.717) is 12.0 Å². The summed E-state index contributed by atoms with van der Waals surface area (Å²) in [4.78, 5) is 8.59. The van der Waals surface area contributed by atoms with E-state index in [1.54, 1.807) is 6.20 Å². The Kier molecular flexibility index (Phi) is 7.48. The lowest BCUT2D eigenvalue weighted by Gasteiger charge is -2.30. The van der Waals surface area contributed by atoms with Gasteiger partial charge in [-0.3, -0.25) is 4.99 Å². The number of imidazole rings is 1. The third-order valence-corrected chi connectivity index (χ3v) is 5.72. The van der Waals surface area contributed by atoms with Crippen molar-refractivity contribution in [3.05, 3.63) is 48.5 Å². The zero-order valence-corrected chi connectivity index (χ0v) is 17.2. The molecule has 0 saturated heterocycles. The van der Waals surface area contributed by atoms with Crippen LogP contribution in [0.15, 0.2) is 48.0 Å². The van der Waals surface area contributed by atoms with Crippen molar-refractivity contribution in [1.82, 2.24) is 20.2 Å². The number of aliphatic imine (C=N–C) groups is 1. The van der Waals surface area contributed by atoms with Gasteiger partial charge in [-0.25, -0.2) is 4.98 Å². The number of rotatable bonds is 9. The van der Waals surface area contributed by atoms with Gasteiger partial charge in [0.05, 0.1) is 12.0 Å². The van der Waals surface area contributed by atoms with Gasteiger partial charge in [0.25, 0.3) is 0 Å². The fourth-order valence-electron chi connectivity index (χ4n) is 4.06. The molecule has 1 saturated carbocycles. The molecule has 1 aromatic carbocycles. The van der Waals surface area contributed by atoms with E-state index in [1.807, 2.05) is 30.2 Å². The maximum absolute atomic E-state index is 5.63. The van der Waals surface area contributed by atoms with E-state index in [1.165, 1.54) is 31.2 Å². The standard InChI is InChI=1S/C22H33N5O/c1-3-28-15-12-22(10-6-7-11-22)17-26-21(23-2)25-16-19-8-4-5-9-20(19)27-14-13-24-18-27/h4-5,8-9,13-14,18H,3,6-7,10-12,15-17H2,1-2H3,(H2,23,25,26). The molecule has 1 fully saturated rings. The van der Waals surface area contributed by atoms with Gasteiger partial charge < -0.3 is 19.9 Å². The van der Waals surface area contributed by atoms with Crippen molar-refractivity contribution in [3.8, 4) is 5.69 Å². The van der Waals surface area contributed by atoms with Crippen LogP contribution in [0.25, 0.3) is 5.69 Å². The highest BCUT2D eigenvalue weighted by molar-refractivity contribution is 5.79. The molecule has 28 heavy (non-hydrogen) atoms. The van der Waals surface area contributed by atoms with E-state index in [4.69, 9.17) is 4.74 Å². The molecule has 6 heteroatoms. The highest BCUT2D eigenvalue weighted by Crippen LogP contribution is 2.40. The molecule has 1 aliphatic carbocycles. The average molecular weight is 384 g/mol. The summed E-state index contributed by atoms with van der Waals surface area (Å²) in [6, 6.07) is 8.36. The molecule has 0 bridgehead atoms. The lowest BCUT2D eigenvalue weighted by molar-refractivity contribution is 0.105. The molecule has 0 atom stereocenters. The van der Waals surface area contributed by atoms with E-state index in [0.717, 1.165) is 37.8 Å². The number of guanidine groups is 1. The largest absolute Gasteiger partial charge is 0.382 e. The lowest BCUT2D eigenvalue weighted by Crippen LogP contribution is -2.43. The second kappa shape index (κ2) is 10.3. The number of aromatic nitrogens is 2. The molecule has 0 radical (unpaired) electrons. The topological polar surface area (TPSA) is 63.5 Å². The van der Waals surface area contributed by atoms with E-state index >= 15 is 0 Å². The van der Waals surface area contributed by atoms with Crippen LogP contribution in [0.1, 0.15) is 44.6 Å². The van der Waals surface area contributed by atoms with Crippen LogP contribution in [-0.4, -0.2) is 42.3 Å². The first-order valence-electron chi connectivity index (χ1n) is 10.3. The minimum Gasteiger partial charge on any atom is -0.382 e. The van der Waals surface area contributed by atoms with E-state index < -0.39 is 0 Å². The number of benzene rings is 1. The summed E-state index contributed by atoms with van der Waals surface area (Å²) in [7, 11) is 1.83. The summed E-state index contributed by atoms with van der Waals surface area (Å²) in [5.41, 5.74) is 2.67. The third kappa shape index (κ3) is 5.35. The van der Waals surface area contributed by atoms with Crippen LogP contribution in [0.4, 0.5) is 0 Å². The van der Waals surface area contributed by atoms with Crippen molar-refractivity contribution in [2.24, 2.45) is 10.4 Å². The van der Waals surface area contributed by atoms with Crippen LogP contribution in [0, 0.1) is 5.41 Å². The first kappa shape index (κ1) is 20.4. The van der Waals surface area contributed by atoms with Crippen molar-refractivity contribution in [1.29, 1.82) is 0 Å². The molecule has 3 rings (SSSR count). The molecule has 1 heterocycles. The van der Waals surface area contributed by atoms with Crippen LogP contribution in [0.3, 0.4) is 0 Å². The van der Waals surface area contributed by atoms with Crippen LogP contribution < -0.4 is 10.6 Å². The summed E-state index contributed by atoms with van der Waals surface area (Å²) in [5.74, 6) is 0.850. The van der Waals surface area contributed by atoms with Crippen LogP contribution in [-0.2, 0) is 11.3 Å². The van der Waals surface area contributed by atoms with Crippen molar-refractivity contribution >= 4 is 5.96 Å². The smallest absolute Gasteiger partial charge is 0.191 e. The quantitative estimate of drug-likeness (QED) is 0.395. The van der Waals surface area contributed by atoms with Gasteiger partial charge in [0.1, 0.15) is 0 Å². The molecular formula is C22H33N5O. The van der Waals surface area contributed by atoms with Crippen LogP contribution >= 0.6 is 0 Å². The Morgan fingerprint density at radius 2 is 2.07 bits per heavy atom. The Morgan fingerprint density at radius 3 is 2.79 bits per heavy atom. The first-order valence-corrected chi connectivity index (χ1v) is 10.3. The summed E-state index contributed by atoms with van der Waals surface area (Å²) < 4.78 is 7.66. The maximum Gasteiger partial charge on any atom is 0.191 e. The second-order valence-corrected chi connectivity index (χ2v) is 7.53. The van der Waals surface area contributed by atoms with E-state index in [2.05, 4.69) is 45.7 Å². The number of para-hydroxylation sites is 1. The van der Waals surface area contributed by atoms with Crippen molar-refractivity contribution in [2.75, 3.05) is 26.8 Å². The summed E-state index contributed by atoms with van der Waals surface area (Å²) in [5, 5.41) is 7.04. The molecule has 6 nitrogen and oxygen atoms in total. The van der Waals surface area contributed by atoms with Gasteiger partial charge in [-0.15, -0.1) is 0 Å². The van der Waals surface area contributed by atoms with Gasteiger partial charge in [0.15, 0.2) is 5.96 Å². The minimum absolute atomic E-state index is 0.335. The predicted octanol–water partition coefficient (Wildman–Crippen LogP) is 3.52. The molecule has 152 valence electrons. The Morgan fingerprint density at radius 1 is 1.25 bits per heavy atom. The zero-order valence-electron chi connectivity index (χ0n) is 17.2. The molecule has 2 aromatic rings. The fourth-order valence-corrected chi connectivity index (χ4v) is 4.06. The molecule has 0 spiro atoms. The number of ether oxygens (including phenoxy) is 1. The fraction of sp³-hybridized carbons (Fsp3) is 0.545. The molecule has 0 amide bonds. The molecular weight excluding hydrogens is 350 g/mol. The van der Waals surface area contributed by atoms with Crippen molar-refractivity contribution in [2.45, 2.75) is 45.6 Å². The van der Waals surface area contributed by atoms with Crippen molar-refractivity contribution < 1.29 is 4.74 Å². The Hall–Kier alpha value is -2.34. The zero-order chi connectivity index (χ0) is 19.7. The monoisotopic (exact) mass is 383 g/mol. The molecule has 0 aliphatic heterocycles. The van der Waals surface area contributed by atoms with Gasteiger partial charge in [-0.05, 0) is 43.2 Å². The van der Waals surface area contributed by atoms with E-state index in [-0.39, 0.29) is 0 Å². The van der Waals surface area contributed by atoms with Gasteiger partial charge in [0.2, 0.25) is 0 Å². The lowest BCUT2D eigenvalue weighted by atomic mass is 9.83. The summed E-state index contributed by atoms with van der Waals surface area (Å²) in [6.07, 6.45) is 11.9. The molecule has 0 unspecified atom stereocenters. The maximum atomic E-state index is 5.63. The number of hydrogen-bond acceptors (Lipinski definition) is 3. The van der Waals surface area contributed by atoms with Gasteiger partial charge >= 0.3 is 0 Å². The Balaban J connectivity index is 1.57. The highest BCUT2D eigenvalue weighted by atomic mass is 16.5. The number of nitrogens with zero attached hydrogens (tertiary/aromatic N) is 3. The first-order chi connectivity index (χ1) is 13.8. The van der Waals surface area contributed by atoms with Gasteiger partial charge in [0, 0.05) is 45.7 Å². The van der Waals surface area contributed by atoms with E-state index in [9.17, 15) is 0 Å². The normalized spacial score (nSPS) is 16.3. The summed E-state index contributed by atoms with van der Waals surface area (Å²) in [6.45, 7) is 5.36. The molecule has 2 N–H and O–H groups in total. The van der Waals surface area contributed by atoms with Crippen molar-refractivity contribution in [3.63, 3.8) is 0 Å². The van der Waals surface area contributed by atoms with Gasteiger partial charge in [-0.1, -0.05) is 31.0 Å². The van der Waals surface area contributed by atoms with Crippen LogP contribution in [0.5, 0.6) is 0 Å². The minimum atomic E-state index is 0.335. The molecule has 1 aromatic heterocycles. The number of hydrogen-bond donors (Lipinski definition) is 2. The Labute approximate surface area is 168 Å². The summed E-state index contributed by atoms with van der Waals surface area (Å²) >= 11 is 0. The third-order valence-electron chi connectivity index (χ3n) is 5.72. The SMILES string of the molecule is CCOCCC1(CNC(=NC)NCc2ccccc2-n2ccnc2)CCCC1.